The number of esters is 1. The average molecular weight is 386 g/mol. The molecule has 2 rings (SSSR count). The summed E-state index contributed by atoms with van der Waals surface area (Å²) >= 11 is 0. The average Bonchev–Trinajstić information content (AvgIpc) is 2.70. The molecule has 0 aromatic heterocycles. The summed E-state index contributed by atoms with van der Waals surface area (Å²) in [6, 6.07) is 9.90. The molecule has 2 atom stereocenters. The Hall–Kier alpha value is -2.40. The molecule has 1 unspecified atom stereocenters. The van der Waals surface area contributed by atoms with E-state index >= 15 is 0 Å². The standard InChI is InChI=1S/C23H31NO4/c1-28-23(27)14-7-2-3-8-17-24-20(12-9-13-22(24)26)15-16-21(25)18-19-10-5-4-6-11-19/h3-6,8,10-11,15-16,20-21,25H,2,7,9,12-14,17-18H2,1H3/b8-3+,16-15+/t20-,21?/m1/s1. The lowest BCUT2D eigenvalue weighted by molar-refractivity contribution is -0.140. The number of nitrogens with zero attached hydrogens (tertiary/aromatic N) is 1. The van der Waals surface area contributed by atoms with E-state index in [0.29, 0.717) is 25.8 Å². The molecule has 1 heterocycles. The number of unbranched alkanes of at least 4 members (excludes halogenated alkanes) is 1. The third kappa shape index (κ3) is 7.69. The highest BCUT2D eigenvalue weighted by Crippen LogP contribution is 2.20. The van der Waals surface area contributed by atoms with Gasteiger partial charge in [-0.1, -0.05) is 54.6 Å². The lowest BCUT2D eigenvalue weighted by Gasteiger charge is -2.33. The third-order valence-corrected chi connectivity index (χ3v) is 4.90. The lowest BCUT2D eigenvalue weighted by atomic mass is 9.99. The molecule has 1 amide bonds. The Balaban J connectivity index is 1.83. The predicted octanol–water partition coefficient (Wildman–Crippen LogP) is 3.43. The number of piperidine rings is 1. The molecule has 0 radical (unpaired) electrons. The Bertz CT molecular complexity index is 668. The molecule has 0 saturated carbocycles. The first-order valence-electron chi connectivity index (χ1n) is 10.0. The van der Waals surface area contributed by atoms with Crippen molar-refractivity contribution in [3.05, 3.63) is 60.2 Å². The first-order chi connectivity index (χ1) is 13.6. The van der Waals surface area contributed by atoms with Crippen molar-refractivity contribution in [3.63, 3.8) is 0 Å². The minimum absolute atomic E-state index is 0.0198. The Morgan fingerprint density at radius 1 is 1.32 bits per heavy atom. The summed E-state index contributed by atoms with van der Waals surface area (Å²) in [6.07, 6.45) is 12.1. The van der Waals surface area contributed by atoms with Crippen LogP contribution in [-0.2, 0) is 20.7 Å². The third-order valence-electron chi connectivity index (χ3n) is 4.90. The van der Waals surface area contributed by atoms with Gasteiger partial charge in [0, 0.05) is 25.8 Å². The number of aliphatic hydroxyl groups excluding tert-OH is 1. The van der Waals surface area contributed by atoms with Crippen molar-refractivity contribution in [2.75, 3.05) is 13.7 Å². The maximum atomic E-state index is 12.3. The SMILES string of the molecule is COC(=O)CCC/C=C/CN1C(=O)CCC[C@@H]1/C=C/C(O)Cc1ccccc1. The summed E-state index contributed by atoms with van der Waals surface area (Å²) in [6.45, 7) is 0.556. The number of carbonyl (C=O) groups is 2. The number of methoxy groups -OCH3 is 1. The highest BCUT2D eigenvalue weighted by atomic mass is 16.5. The first-order valence-corrected chi connectivity index (χ1v) is 10.0. The maximum Gasteiger partial charge on any atom is 0.305 e. The van der Waals surface area contributed by atoms with Crippen LogP contribution < -0.4 is 0 Å². The summed E-state index contributed by atoms with van der Waals surface area (Å²) in [4.78, 5) is 25.3. The van der Waals surface area contributed by atoms with Crippen molar-refractivity contribution in [2.45, 2.75) is 57.1 Å². The monoisotopic (exact) mass is 385 g/mol. The molecule has 5 nitrogen and oxygen atoms in total. The van der Waals surface area contributed by atoms with Gasteiger partial charge >= 0.3 is 5.97 Å². The molecular weight excluding hydrogens is 354 g/mol. The van der Waals surface area contributed by atoms with Gasteiger partial charge in [0.25, 0.3) is 0 Å². The number of rotatable bonds is 10. The molecule has 5 heteroatoms. The zero-order valence-electron chi connectivity index (χ0n) is 16.6. The van der Waals surface area contributed by atoms with Crippen LogP contribution in [0.5, 0.6) is 0 Å². The van der Waals surface area contributed by atoms with Gasteiger partial charge in [-0.25, -0.2) is 0 Å². The second kappa shape index (κ2) is 12.1. The van der Waals surface area contributed by atoms with E-state index in [2.05, 4.69) is 4.74 Å². The fourth-order valence-electron chi connectivity index (χ4n) is 3.34. The quantitative estimate of drug-likeness (QED) is 0.381. The molecular formula is C23H31NO4. The number of allylic oxidation sites excluding steroid dienone is 1. The molecule has 0 bridgehead atoms. The number of amides is 1. The number of hydrogen-bond acceptors (Lipinski definition) is 4. The summed E-state index contributed by atoms with van der Waals surface area (Å²) in [5.41, 5.74) is 1.09. The van der Waals surface area contributed by atoms with Crippen molar-refractivity contribution in [1.29, 1.82) is 0 Å². The van der Waals surface area contributed by atoms with Crippen LogP contribution in [0.25, 0.3) is 0 Å². The number of likely N-dealkylation sites (tertiary alicyclic amines) is 1. The first kappa shape index (κ1) is 21.9. The van der Waals surface area contributed by atoms with Crippen LogP contribution in [0.1, 0.15) is 44.1 Å². The van der Waals surface area contributed by atoms with Crippen LogP contribution in [0.15, 0.2) is 54.6 Å². The number of carbonyl (C=O) groups excluding carboxylic acids is 2. The molecule has 1 aliphatic heterocycles. The van der Waals surface area contributed by atoms with Crippen molar-refractivity contribution < 1.29 is 19.4 Å². The van der Waals surface area contributed by atoms with Crippen molar-refractivity contribution >= 4 is 11.9 Å². The topological polar surface area (TPSA) is 66.8 Å². The van der Waals surface area contributed by atoms with E-state index in [9.17, 15) is 14.7 Å². The van der Waals surface area contributed by atoms with Gasteiger partial charge in [0.05, 0.1) is 19.3 Å². The van der Waals surface area contributed by atoms with Crippen molar-refractivity contribution in [2.24, 2.45) is 0 Å². The fraction of sp³-hybridized carbons (Fsp3) is 0.478. The zero-order chi connectivity index (χ0) is 20.2. The Morgan fingerprint density at radius 3 is 2.86 bits per heavy atom. The van der Waals surface area contributed by atoms with Gasteiger partial charge in [0.1, 0.15) is 0 Å². The summed E-state index contributed by atoms with van der Waals surface area (Å²) in [7, 11) is 1.39. The van der Waals surface area contributed by atoms with E-state index in [1.54, 1.807) is 0 Å². The van der Waals surface area contributed by atoms with Crippen LogP contribution in [0, 0.1) is 0 Å². The van der Waals surface area contributed by atoms with Crippen LogP contribution in [0.4, 0.5) is 0 Å². The van der Waals surface area contributed by atoms with Gasteiger partial charge in [0.2, 0.25) is 5.91 Å². The second-order valence-corrected chi connectivity index (χ2v) is 7.09. The lowest BCUT2D eigenvalue weighted by Crippen LogP contribution is -2.42. The largest absolute Gasteiger partial charge is 0.469 e. The number of benzene rings is 1. The predicted molar refractivity (Wildman–Crippen MR) is 110 cm³/mol. The molecule has 1 saturated heterocycles. The molecule has 1 aromatic rings. The second-order valence-electron chi connectivity index (χ2n) is 7.09. The van der Waals surface area contributed by atoms with E-state index in [1.165, 1.54) is 7.11 Å². The molecule has 1 fully saturated rings. The van der Waals surface area contributed by atoms with Gasteiger partial charge in [0.15, 0.2) is 0 Å². The van der Waals surface area contributed by atoms with E-state index in [1.807, 2.05) is 59.5 Å². The van der Waals surface area contributed by atoms with E-state index in [0.717, 1.165) is 31.2 Å². The molecule has 1 N–H and O–H groups in total. The van der Waals surface area contributed by atoms with Crippen LogP contribution >= 0.6 is 0 Å². The Kier molecular flexibility index (Phi) is 9.49. The fourth-order valence-corrected chi connectivity index (χ4v) is 3.34. The highest BCUT2D eigenvalue weighted by molar-refractivity contribution is 5.77. The zero-order valence-corrected chi connectivity index (χ0v) is 16.6. The minimum Gasteiger partial charge on any atom is -0.469 e. The smallest absolute Gasteiger partial charge is 0.305 e. The number of hydrogen-bond donors (Lipinski definition) is 1. The van der Waals surface area contributed by atoms with Crippen molar-refractivity contribution in [3.8, 4) is 0 Å². The van der Waals surface area contributed by atoms with Gasteiger partial charge in [-0.15, -0.1) is 0 Å². The van der Waals surface area contributed by atoms with Gasteiger partial charge in [-0.05, 0) is 31.2 Å². The summed E-state index contributed by atoms with van der Waals surface area (Å²) in [5.74, 6) is -0.0449. The number of aliphatic hydroxyl groups is 1. The van der Waals surface area contributed by atoms with Crippen LogP contribution in [0.3, 0.4) is 0 Å². The molecule has 0 aliphatic carbocycles. The van der Waals surface area contributed by atoms with E-state index in [-0.39, 0.29) is 17.9 Å². The Morgan fingerprint density at radius 2 is 2.11 bits per heavy atom. The Labute approximate surface area is 167 Å². The highest BCUT2D eigenvalue weighted by Gasteiger charge is 2.25. The maximum absolute atomic E-state index is 12.3. The molecule has 152 valence electrons. The normalized spacial score (nSPS) is 18.7. The van der Waals surface area contributed by atoms with Crippen LogP contribution in [-0.4, -0.2) is 47.7 Å². The molecule has 0 spiro atoms. The van der Waals surface area contributed by atoms with Gasteiger partial charge in [-0.3, -0.25) is 9.59 Å². The summed E-state index contributed by atoms with van der Waals surface area (Å²) in [5, 5.41) is 10.3. The molecule has 1 aliphatic rings. The van der Waals surface area contributed by atoms with E-state index < -0.39 is 6.10 Å². The summed E-state index contributed by atoms with van der Waals surface area (Å²) < 4.78 is 4.62. The van der Waals surface area contributed by atoms with Crippen LogP contribution in [0.2, 0.25) is 0 Å². The van der Waals surface area contributed by atoms with Gasteiger partial charge in [-0.2, -0.15) is 0 Å². The van der Waals surface area contributed by atoms with Crippen molar-refractivity contribution in [1.82, 2.24) is 4.90 Å². The number of ether oxygens (including phenoxy) is 1. The van der Waals surface area contributed by atoms with Gasteiger partial charge < -0.3 is 14.7 Å². The van der Waals surface area contributed by atoms with E-state index in [4.69, 9.17) is 0 Å². The molecule has 28 heavy (non-hydrogen) atoms. The minimum atomic E-state index is -0.560. The molecule has 1 aromatic carbocycles.